The summed E-state index contributed by atoms with van der Waals surface area (Å²) in [6, 6.07) is 7.63. The first-order chi connectivity index (χ1) is 9.17. The van der Waals surface area contributed by atoms with Crippen molar-refractivity contribution in [3.8, 4) is 5.75 Å². The summed E-state index contributed by atoms with van der Waals surface area (Å²) in [7, 11) is 3.48. The number of rotatable bonds is 8. The highest BCUT2D eigenvalue weighted by molar-refractivity contribution is 5.78. The molecule has 2 N–H and O–H groups in total. The monoisotopic (exact) mass is 264 g/mol. The molecule has 0 atom stereocenters. The van der Waals surface area contributed by atoms with Crippen molar-refractivity contribution >= 4 is 5.91 Å². The Balaban J connectivity index is 2.40. The number of ether oxygens (including phenoxy) is 1. The summed E-state index contributed by atoms with van der Waals surface area (Å²) in [5, 5.41) is 0. The number of methoxy groups -OCH3 is 1. The molecule has 0 saturated heterocycles. The van der Waals surface area contributed by atoms with E-state index in [2.05, 4.69) is 0 Å². The van der Waals surface area contributed by atoms with Gasteiger partial charge in [-0.2, -0.15) is 0 Å². The topological polar surface area (TPSA) is 55.6 Å². The molecule has 19 heavy (non-hydrogen) atoms. The Labute approximate surface area is 115 Å². The molecule has 1 amide bonds. The van der Waals surface area contributed by atoms with Crippen LogP contribution in [0.15, 0.2) is 24.3 Å². The average Bonchev–Trinajstić information content (AvgIpc) is 2.43. The zero-order valence-corrected chi connectivity index (χ0v) is 11.9. The van der Waals surface area contributed by atoms with Crippen LogP contribution >= 0.6 is 0 Å². The van der Waals surface area contributed by atoms with Gasteiger partial charge < -0.3 is 15.4 Å². The highest BCUT2D eigenvalue weighted by Crippen LogP contribution is 2.13. The third-order valence-electron chi connectivity index (χ3n) is 3.11. The Hall–Kier alpha value is -1.55. The van der Waals surface area contributed by atoms with Crippen LogP contribution < -0.4 is 10.5 Å². The fourth-order valence-corrected chi connectivity index (χ4v) is 1.89. The SMILES string of the molecule is COc1cccc(CC(=O)N(C)CCCCCN)c1. The molecule has 106 valence electrons. The number of amides is 1. The first-order valence-corrected chi connectivity index (χ1v) is 6.74. The Bertz CT molecular complexity index is 393. The van der Waals surface area contributed by atoms with Crippen LogP contribution in [-0.4, -0.2) is 38.1 Å². The predicted octanol–water partition coefficient (Wildman–Crippen LogP) is 1.83. The number of unbranched alkanes of at least 4 members (excludes halogenated alkanes) is 2. The van der Waals surface area contributed by atoms with Gasteiger partial charge in [-0.3, -0.25) is 4.79 Å². The van der Waals surface area contributed by atoms with E-state index in [-0.39, 0.29) is 5.91 Å². The van der Waals surface area contributed by atoms with Gasteiger partial charge in [0.05, 0.1) is 13.5 Å². The molecule has 0 aliphatic rings. The maximum absolute atomic E-state index is 12.0. The largest absolute Gasteiger partial charge is 0.497 e. The molecule has 1 aromatic rings. The maximum atomic E-state index is 12.0. The molecule has 0 fully saturated rings. The first-order valence-electron chi connectivity index (χ1n) is 6.74. The van der Waals surface area contributed by atoms with Crippen molar-refractivity contribution in [1.82, 2.24) is 4.90 Å². The summed E-state index contributed by atoms with van der Waals surface area (Å²) in [5.41, 5.74) is 6.43. The molecule has 0 spiro atoms. The Kier molecular flexibility index (Phi) is 6.97. The lowest BCUT2D eigenvalue weighted by atomic mass is 10.1. The molecule has 0 saturated carbocycles. The number of benzene rings is 1. The van der Waals surface area contributed by atoms with Crippen LogP contribution in [-0.2, 0) is 11.2 Å². The maximum Gasteiger partial charge on any atom is 0.226 e. The Morgan fingerprint density at radius 2 is 2.11 bits per heavy atom. The molecule has 1 aromatic carbocycles. The number of nitrogens with zero attached hydrogens (tertiary/aromatic N) is 1. The molecule has 0 aromatic heterocycles. The summed E-state index contributed by atoms with van der Waals surface area (Å²) in [5.74, 6) is 0.928. The van der Waals surface area contributed by atoms with Gasteiger partial charge in [0.25, 0.3) is 0 Å². The van der Waals surface area contributed by atoms with E-state index in [1.54, 1.807) is 12.0 Å². The van der Waals surface area contributed by atoms with E-state index in [0.717, 1.165) is 43.7 Å². The zero-order valence-electron chi connectivity index (χ0n) is 11.9. The molecule has 1 rings (SSSR count). The van der Waals surface area contributed by atoms with Crippen LogP contribution in [0.5, 0.6) is 5.75 Å². The number of carbonyl (C=O) groups is 1. The summed E-state index contributed by atoms with van der Waals surface area (Å²) < 4.78 is 5.15. The lowest BCUT2D eigenvalue weighted by Gasteiger charge is -2.17. The van der Waals surface area contributed by atoms with Crippen LogP contribution in [0.2, 0.25) is 0 Å². The second-order valence-electron chi connectivity index (χ2n) is 4.69. The van der Waals surface area contributed by atoms with Crippen LogP contribution in [0.1, 0.15) is 24.8 Å². The van der Waals surface area contributed by atoms with Crippen molar-refractivity contribution in [3.05, 3.63) is 29.8 Å². The minimum absolute atomic E-state index is 0.140. The first kappa shape index (κ1) is 15.5. The number of hydrogen-bond donors (Lipinski definition) is 1. The van der Waals surface area contributed by atoms with Gasteiger partial charge in [0.1, 0.15) is 5.75 Å². The summed E-state index contributed by atoms with van der Waals surface area (Å²) in [6.07, 6.45) is 3.54. The molecule has 0 bridgehead atoms. The molecule has 0 unspecified atom stereocenters. The number of carbonyl (C=O) groups excluding carboxylic acids is 1. The zero-order chi connectivity index (χ0) is 14.1. The van der Waals surface area contributed by atoms with Gasteiger partial charge in [-0.05, 0) is 37.1 Å². The van der Waals surface area contributed by atoms with Gasteiger partial charge in [0.2, 0.25) is 5.91 Å². The summed E-state index contributed by atoms with van der Waals surface area (Å²) in [4.78, 5) is 13.8. The third-order valence-corrected chi connectivity index (χ3v) is 3.11. The van der Waals surface area contributed by atoms with Crippen molar-refractivity contribution < 1.29 is 9.53 Å². The van der Waals surface area contributed by atoms with E-state index in [9.17, 15) is 4.79 Å². The van der Waals surface area contributed by atoms with Crippen LogP contribution in [0.3, 0.4) is 0 Å². The fraction of sp³-hybridized carbons (Fsp3) is 0.533. The quantitative estimate of drug-likeness (QED) is 0.729. The minimum Gasteiger partial charge on any atom is -0.497 e. The number of hydrogen-bond acceptors (Lipinski definition) is 3. The molecular formula is C15H24N2O2. The van der Waals surface area contributed by atoms with Crippen LogP contribution in [0, 0.1) is 0 Å². The van der Waals surface area contributed by atoms with E-state index < -0.39 is 0 Å². The second kappa shape index (κ2) is 8.53. The number of nitrogens with two attached hydrogens (primary N) is 1. The van der Waals surface area contributed by atoms with Crippen LogP contribution in [0.25, 0.3) is 0 Å². The molecular weight excluding hydrogens is 240 g/mol. The van der Waals surface area contributed by atoms with Crippen molar-refractivity contribution in [3.63, 3.8) is 0 Å². The van der Waals surface area contributed by atoms with Gasteiger partial charge in [-0.25, -0.2) is 0 Å². The smallest absolute Gasteiger partial charge is 0.226 e. The van der Waals surface area contributed by atoms with Gasteiger partial charge in [0, 0.05) is 13.6 Å². The standard InChI is InChI=1S/C15H24N2O2/c1-17(10-5-3-4-9-16)15(18)12-13-7-6-8-14(11-13)19-2/h6-8,11H,3-5,9-10,12,16H2,1-2H3. The fourth-order valence-electron chi connectivity index (χ4n) is 1.89. The highest BCUT2D eigenvalue weighted by atomic mass is 16.5. The average molecular weight is 264 g/mol. The van der Waals surface area contributed by atoms with Gasteiger partial charge in [-0.1, -0.05) is 18.6 Å². The predicted molar refractivity (Wildman–Crippen MR) is 77.2 cm³/mol. The van der Waals surface area contributed by atoms with E-state index >= 15 is 0 Å². The van der Waals surface area contributed by atoms with E-state index in [4.69, 9.17) is 10.5 Å². The Morgan fingerprint density at radius 3 is 2.79 bits per heavy atom. The third kappa shape index (κ3) is 5.75. The molecule has 0 aliphatic carbocycles. The lowest BCUT2D eigenvalue weighted by molar-refractivity contribution is -0.129. The van der Waals surface area contributed by atoms with E-state index in [0.29, 0.717) is 6.42 Å². The highest BCUT2D eigenvalue weighted by Gasteiger charge is 2.09. The van der Waals surface area contributed by atoms with Crippen molar-refractivity contribution in [2.24, 2.45) is 5.73 Å². The Morgan fingerprint density at radius 1 is 1.32 bits per heavy atom. The van der Waals surface area contributed by atoms with Crippen molar-refractivity contribution in [1.29, 1.82) is 0 Å². The molecule has 0 radical (unpaired) electrons. The summed E-state index contributed by atoms with van der Waals surface area (Å²) >= 11 is 0. The molecule has 4 nitrogen and oxygen atoms in total. The van der Waals surface area contributed by atoms with Crippen molar-refractivity contribution in [2.75, 3.05) is 27.2 Å². The van der Waals surface area contributed by atoms with Gasteiger partial charge in [0.15, 0.2) is 0 Å². The molecule has 0 heterocycles. The molecule has 0 aliphatic heterocycles. The van der Waals surface area contributed by atoms with Gasteiger partial charge >= 0.3 is 0 Å². The lowest BCUT2D eigenvalue weighted by Crippen LogP contribution is -2.29. The normalized spacial score (nSPS) is 10.3. The molecule has 4 heteroatoms. The minimum atomic E-state index is 0.140. The second-order valence-corrected chi connectivity index (χ2v) is 4.69. The van der Waals surface area contributed by atoms with E-state index in [1.165, 1.54) is 0 Å². The van der Waals surface area contributed by atoms with Crippen molar-refractivity contribution in [2.45, 2.75) is 25.7 Å². The summed E-state index contributed by atoms with van der Waals surface area (Å²) in [6.45, 7) is 1.52. The van der Waals surface area contributed by atoms with Crippen LogP contribution in [0.4, 0.5) is 0 Å². The van der Waals surface area contributed by atoms with E-state index in [1.807, 2.05) is 31.3 Å². The number of likely N-dealkylation sites (N-methyl/N-ethyl adjacent to an activating group) is 1. The van der Waals surface area contributed by atoms with Gasteiger partial charge in [-0.15, -0.1) is 0 Å².